The predicted octanol–water partition coefficient (Wildman–Crippen LogP) is 3.81. The first kappa shape index (κ1) is 21.0. The summed E-state index contributed by atoms with van der Waals surface area (Å²) >= 11 is 6.25. The number of sulfone groups is 1. The quantitative estimate of drug-likeness (QED) is 0.619. The summed E-state index contributed by atoms with van der Waals surface area (Å²) in [5, 5.41) is 12.6. The van der Waals surface area contributed by atoms with Gasteiger partial charge in [0.25, 0.3) is 5.91 Å². The molecular weight excluding hydrogens is 412 g/mol. The number of nitrogens with zero attached hydrogens (tertiary/aromatic N) is 1. The number of rotatable bonds is 6. The van der Waals surface area contributed by atoms with Crippen LogP contribution in [0.25, 0.3) is 11.3 Å². The molecule has 0 aliphatic rings. The Balaban J connectivity index is 1.79. The van der Waals surface area contributed by atoms with E-state index >= 15 is 0 Å². The third-order valence-corrected chi connectivity index (χ3v) is 6.34. The van der Waals surface area contributed by atoms with Gasteiger partial charge in [0, 0.05) is 23.0 Å². The fraction of sp³-hybridized carbons (Fsp3) is 0.143. The standard InChI is InChI=1S/C21H19ClN2O4S/c1-14(25)13-29(27,28)17-8-5-15(6-9-17)21(26)24-16-7-10-19(22)18(12-16)20-4-2-3-11-23-20/h2-12,14,25H,13H2,1H3,(H,24,26). The Morgan fingerprint density at radius 3 is 2.48 bits per heavy atom. The van der Waals surface area contributed by atoms with E-state index in [0.29, 0.717) is 27.5 Å². The second-order valence-corrected chi connectivity index (χ2v) is 8.96. The molecular formula is C21H19ClN2O4S. The third-order valence-electron chi connectivity index (χ3n) is 4.10. The number of amides is 1. The van der Waals surface area contributed by atoms with Gasteiger partial charge in [-0.3, -0.25) is 9.78 Å². The molecule has 1 amide bonds. The molecule has 2 N–H and O–H groups in total. The minimum Gasteiger partial charge on any atom is -0.392 e. The number of pyridine rings is 1. The first-order valence-electron chi connectivity index (χ1n) is 8.79. The van der Waals surface area contributed by atoms with E-state index < -0.39 is 21.8 Å². The number of hydrogen-bond acceptors (Lipinski definition) is 5. The van der Waals surface area contributed by atoms with Gasteiger partial charge in [0.05, 0.1) is 27.5 Å². The van der Waals surface area contributed by atoms with Gasteiger partial charge >= 0.3 is 0 Å². The zero-order valence-electron chi connectivity index (χ0n) is 15.5. The highest BCUT2D eigenvalue weighted by molar-refractivity contribution is 7.91. The van der Waals surface area contributed by atoms with E-state index in [-0.39, 0.29) is 10.6 Å². The zero-order valence-corrected chi connectivity index (χ0v) is 17.1. The molecule has 0 fully saturated rings. The number of nitrogens with one attached hydrogen (secondary N) is 1. The van der Waals surface area contributed by atoms with Crippen LogP contribution in [0.15, 0.2) is 71.8 Å². The Hall–Kier alpha value is -2.74. The molecule has 0 bridgehead atoms. The van der Waals surface area contributed by atoms with Crippen molar-refractivity contribution in [1.82, 2.24) is 4.98 Å². The fourth-order valence-corrected chi connectivity index (χ4v) is 4.34. The molecule has 29 heavy (non-hydrogen) atoms. The van der Waals surface area contributed by atoms with Gasteiger partial charge in [0.1, 0.15) is 0 Å². The Labute approximate surface area is 174 Å². The molecule has 0 saturated carbocycles. The summed E-state index contributed by atoms with van der Waals surface area (Å²) in [6.45, 7) is 1.41. The summed E-state index contributed by atoms with van der Waals surface area (Å²) in [6, 6.07) is 16.1. The molecule has 150 valence electrons. The molecule has 2 aromatic carbocycles. The second-order valence-electron chi connectivity index (χ2n) is 6.52. The maximum absolute atomic E-state index is 12.5. The van der Waals surface area contributed by atoms with Crippen molar-refractivity contribution in [2.24, 2.45) is 0 Å². The van der Waals surface area contributed by atoms with Gasteiger partial charge in [0.15, 0.2) is 9.84 Å². The largest absolute Gasteiger partial charge is 0.392 e. The molecule has 6 nitrogen and oxygen atoms in total. The molecule has 0 aliphatic carbocycles. The smallest absolute Gasteiger partial charge is 0.255 e. The Bertz CT molecular complexity index is 1120. The highest BCUT2D eigenvalue weighted by Gasteiger charge is 2.18. The van der Waals surface area contributed by atoms with Crippen LogP contribution in [0.3, 0.4) is 0 Å². The SMILES string of the molecule is CC(O)CS(=O)(=O)c1ccc(C(=O)Nc2ccc(Cl)c(-c3ccccn3)c2)cc1. The Kier molecular flexibility index (Phi) is 6.32. The number of aliphatic hydroxyl groups excluding tert-OH is 1. The molecule has 3 rings (SSSR count). The van der Waals surface area contributed by atoms with Crippen molar-refractivity contribution in [2.45, 2.75) is 17.9 Å². The number of carbonyl (C=O) groups excluding carboxylic acids is 1. The average molecular weight is 431 g/mol. The lowest BCUT2D eigenvalue weighted by Gasteiger charge is -2.10. The molecule has 1 aromatic heterocycles. The van der Waals surface area contributed by atoms with Crippen LogP contribution in [0.2, 0.25) is 5.02 Å². The van der Waals surface area contributed by atoms with Crippen LogP contribution in [-0.2, 0) is 9.84 Å². The van der Waals surface area contributed by atoms with E-state index in [1.165, 1.54) is 31.2 Å². The Morgan fingerprint density at radius 2 is 1.86 bits per heavy atom. The summed E-state index contributed by atoms with van der Waals surface area (Å²) in [5.74, 6) is -0.765. The van der Waals surface area contributed by atoms with Crippen molar-refractivity contribution >= 4 is 33.0 Å². The average Bonchev–Trinajstić information content (AvgIpc) is 2.69. The minimum absolute atomic E-state index is 0.0545. The Morgan fingerprint density at radius 1 is 1.14 bits per heavy atom. The van der Waals surface area contributed by atoms with Crippen LogP contribution in [0, 0.1) is 0 Å². The zero-order chi connectivity index (χ0) is 21.0. The van der Waals surface area contributed by atoms with Crippen LogP contribution in [-0.4, -0.2) is 36.3 Å². The van der Waals surface area contributed by atoms with Crippen LogP contribution >= 0.6 is 11.6 Å². The van der Waals surface area contributed by atoms with Crippen LogP contribution < -0.4 is 5.32 Å². The molecule has 0 saturated heterocycles. The van der Waals surface area contributed by atoms with Gasteiger partial charge < -0.3 is 10.4 Å². The monoisotopic (exact) mass is 430 g/mol. The summed E-state index contributed by atoms with van der Waals surface area (Å²) in [5.41, 5.74) is 2.20. The highest BCUT2D eigenvalue weighted by Crippen LogP contribution is 2.29. The van der Waals surface area contributed by atoms with Crippen molar-refractivity contribution in [1.29, 1.82) is 0 Å². The predicted molar refractivity (Wildman–Crippen MR) is 113 cm³/mol. The van der Waals surface area contributed by atoms with Gasteiger partial charge in [-0.2, -0.15) is 0 Å². The minimum atomic E-state index is -3.61. The summed E-state index contributed by atoms with van der Waals surface area (Å²) in [4.78, 5) is 16.9. The topological polar surface area (TPSA) is 96.4 Å². The molecule has 0 spiro atoms. The number of carbonyl (C=O) groups is 1. The molecule has 1 atom stereocenters. The first-order chi connectivity index (χ1) is 13.8. The highest BCUT2D eigenvalue weighted by atomic mass is 35.5. The summed E-state index contributed by atoms with van der Waals surface area (Å²) in [6.07, 6.45) is 0.686. The molecule has 8 heteroatoms. The van der Waals surface area contributed by atoms with Crippen LogP contribution in [0.5, 0.6) is 0 Å². The molecule has 1 unspecified atom stereocenters. The lowest BCUT2D eigenvalue weighted by Crippen LogP contribution is -2.18. The number of hydrogen-bond donors (Lipinski definition) is 2. The molecule has 0 aliphatic heterocycles. The second kappa shape index (κ2) is 8.73. The van der Waals surface area contributed by atoms with Gasteiger partial charge in [-0.15, -0.1) is 0 Å². The van der Waals surface area contributed by atoms with Crippen molar-refractivity contribution in [3.8, 4) is 11.3 Å². The van der Waals surface area contributed by atoms with E-state index in [0.717, 1.165) is 0 Å². The van der Waals surface area contributed by atoms with Gasteiger partial charge in [-0.25, -0.2) is 8.42 Å². The van der Waals surface area contributed by atoms with Crippen molar-refractivity contribution < 1.29 is 18.3 Å². The number of anilines is 1. The van der Waals surface area contributed by atoms with E-state index in [1.807, 2.05) is 12.1 Å². The van der Waals surface area contributed by atoms with E-state index in [9.17, 15) is 18.3 Å². The molecule has 3 aromatic rings. The van der Waals surface area contributed by atoms with E-state index in [2.05, 4.69) is 10.3 Å². The summed E-state index contributed by atoms with van der Waals surface area (Å²) < 4.78 is 24.3. The van der Waals surface area contributed by atoms with E-state index in [1.54, 1.807) is 30.5 Å². The lowest BCUT2D eigenvalue weighted by atomic mass is 10.1. The number of aliphatic hydroxyl groups is 1. The first-order valence-corrected chi connectivity index (χ1v) is 10.8. The van der Waals surface area contributed by atoms with Crippen LogP contribution in [0.4, 0.5) is 5.69 Å². The molecule has 1 heterocycles. The van der Waals surface area contributed by atoms with Gasteiger partial charge in [0.2, 0.25) is 0 Å². The van der Waals surface area contributed by atoms with Crippen molar-refractivity contribution in [3.05, 3.63) is 77.4 Å². The van der Waals surface area contributed by atoms with Crippen molar-refractivity contribution in [3.63, 3.8) is 0 Å². The fourth-order valence-electron chi connectivity index (χ4n) is 2.75. The summed E-state index contributed by atoms with van der Waals surface area (Å²) in [7, 11) is -3.61. The molecule has 0 radical (unpaired) electrons. The number of halogens is 1. The van der Waals surface area contributed by atoms with Gasteiger partial charge in [-0.1, -0.05) is 17.7 Å². The van der Waals surface area contributed by atoms with Crippen LogP contribution in [0.1, 0.15) is 17.3 Å². The third kappa shape index (κ3) is 5.20. The van der Waals surface area contributed by atoms with E-state index in [4.69, 9.17) is 11.6 Å². The number of aromatic nitrogens is 1. The van der Waals surface area contributed by atoms with Crippen molar-refractivity contribution in [2.75, 3.05) is 11.1 Å². The number of benzene rings is 2. The normalized spacial score (nSPS) is 12.4. The van der Waals surface area contributed by atoms with Gasteiger partial charge in [-0.05, 0) is 61.5 Å². The maximum Gasteiger partial charge on any atom is 0.255 e. The maximum atomic E-state index is 12.5. The lowest BCUT2D eigenvalue weighted by molar-refractivity contribution is 0.102.